The monoisotopic (exact) mass is 402 g/mol. The van der Waals surface area contributed by atoms with Gasteiger partial charge in [-0.25, -0.2) is 0 Å². The maximum absolute atomic E-state index is 12.4. The van der Waals surface area contributed by atoms with Crippen molar-refractivity contribution < 1.29 is 19.4 Å². The van der Waals surface area contributed by atoms with Crippen LogP contribution in [0, 0.1) is 5.92 Å². The molecule has 2 aliphatic rings. The van der Waals surface area contributed by atoms with E-state index in [0.717, 1.165) is 40.2 Å². The van der Waals surface area contributed by atoms with E-state index >= 15 is 0 Å². The van der Waals surface area contributed by atoms with Crippen molar-refractivity contribution in [1.29, 1.82) is 0 Å². The van der Waals surface area contributed by atoms with E-state index in [2.05, 4.69) is 4.94 Å². The standard InChI is InChI=1S/C21H19FO3S2/c22-25-15-9-7-14(8-10-15)17-16(13-5-2-1-3-6-13)18(20(23)24)19(17)21-26-11-4-12-27-21/h1-3,5-10,16,18,21H,4,11-12H2,(H,23,24)/t16-,18+/m1/s1. The van der Waals surface area contributed by atoms with Crippen molar-refractivity contribution in [3.8, 4) is 5.75 Å². The zero-order chi connectivity index (χ0) is 18.8. The van der Waals surface area contributed by atoms with E-state index in [-0.39, 0.29) is 16.2 Å². The molecule has 1 heterocycles. The van der Waals surface area contributed by atoms with Crippen molar-refractivity contribution in [3.63, 3.8) is 0 Å². The predicted octanol–water partition coefficient (Wildman–Crippen LogP) is 5.40. The SMILES string of the molecule is O=C(O)[C@@H]1C(C2SCCCS2)=C(c2ccc(OF)cc2)[C@H]1c1ccccc1. The first-order valence-corrected chi connectivity index (χ1v) is 10.9. The molecule has 0 saturated carbocycles. The normalized spacial score (nSPS) is 23.0. The third kappa shape index (κ3) is 3.48. The molecule has 1 fully saturated rings. The number of carboxylic acid groups (broad SMARTS) is 1. The van der Waals surface area contributed by atoms with Crippen LogP contribution in [0.1, 0.15) is 23.5 Å². The molecule has 1 aliphatic carbocycles. The van der Waals surface area contributed by atoms with Crippen molar-refractivity contribution in [1.82, 2.24) is 0 Å². The first-order chi connectivity index (χ1) is 13.2. The summed E-state index contributed by atoms with van der Waals surface area (Å²) in [5, 5.41) is 9.99. The number of thioether (sulfide) groups is 2. The Morgan fingerprint density at radius 2 is 1.70 bits per heavy atom. The third-order valence-electron chi connectivity index (χ3n) is 5.05. The van der Waals surface area contributed by atoms with Crippen molar-refractivity contribution in [2.45, 2.75) is 16.9 Å². The van der Waals surface area contributed by atoms with E-state index in [4.69, 9.17) is 0 Å². The number of benzene rings is 2. The highest BCUT2D eigenvalue weighted by molar-refractivity contribution is 8.17. The summed E-state index contributed by atoms with van der Waals surface area (Å²) in [6.45, 7) is 0. The smallest absolute Gasteiger partial charge is 0.311 e. The second-order valence-electron chi connectivity index (χ2n) is 6.60. The molecule has 2 aromatic carbocycles. The molecule has 6 heteroatoms. The molecule has 0 aromatic heterocycles. The van der Waals surface area contributed by atoms with E-state index in [1.807, 2.05) is 66.0 Å². The molecule has 1 N–H and O–H groups in total. The average Bonchev–Trinajstić information content (AvgIpc) is 2.69. The minimum absolute atomic E-state index is 0.146. The van der Waals surface area contributed by atoms with Gasteiger partial charge in [0.25, 0.3) is 0 Å². The van der Waals surface area contributed by atoms with Gasteiger partial charge < -0.3 is 5.11 Å². The highest BCUT2D eigenvalue weighted by Gasteiger charge is 2.49. The Morgan fingerprint density at radius 1 is 1.04 bits per heavy atom. The van der Waals surface area contributed by atoms with Gasteiger partial charge in [-0.1, -0.05) is 42.5 Å². The van der Waals surface area contributed by atoms with Crippen LogP contribution in [0.2, 0.25) is 0 Å². The van der Waals surface area contributed by atoms with Crippen LogP contribution in [-0.4, -0.2) is 27.2 Å². The van der Waals surface area contributed by atoms with Crippen LogP contribution in [0.15, 0.2) is 60.2 Å². The maximum atomic E-state index is 12.4. The molecule has 1 saturated heterocycles. The molecule has 140 valence electrons. The van der Waals surface area contributed by atoms with Crippen LogP contribution in [0.3, 0.4) is 0 Å². The quantitative estimate of drug-likeness (QED) is 0.726. The zero-order valence-electron chi connectivity index (χ0n) is 14.5. The van der Waals surface area contributed by atoms with Gasteiger partial charge >= 0.3 is 5.97 Å². The predicted molar refractivity (Wildman–Crippen MR) is 109 cm³/mol. The van der Waals surface area contributed by atoms with E-state index in [9.17, 15) is 14.4 Å². The first-order valence-electron chi connectivity index (χ1n) is 8.84. The van der Waals surface area contributed by atoms with Crippen LogP contribution in [-0.2, 0) is 4.79 Å². The molecule has 0 bridgehead atoms. The van der Waals surface area contributed by atoms with Crippen molar-refractivity contribution in [2.24, 2.45) is 5.92 Å². The van der Waals surface area contributed by atoms with Gasteiger partial charge in [0, 0.05) is 10.4 Å². The Bertz CT molecular complexity index is 845. The number of carbonyl (C=O) groups is 1. The van der Waals surface area contributed by atoms with Crippen molar-refractivity contribution in [2.75, 3.05) is 11.5 Å². The van der Waals surface area contributed by atoms with Gasteiger partial charge in [-0.15, -0.1) is 23.5 Å². The fraction of sp³-hybridized carbons (Fsp3) is 0.286. The topological polar surface area (TPSA) is 46.5 Å². The Balaban J connectivity index is 1.83. The van der Waals surface area contributed by atoms with E-state index < -0.39 is 11.9 Å². The Kier molecular flexibility index (Phi) is 5.45. The third-order valence-corrected chi connectivity index (χ3v) is 8.03. The Hall–Kier alpha value is -1.92. The molecule has 27 heavy (non-hydrogen) atoms. The summed E-state index contributed by atoms with van der Waals surface area (Å²) in [6.07, 6.45) is 1.15. The second kappa shape index (κ2) is 7.98. The van der Waals surface area contributed by atoms with E-state index in [0.29, 0.717) is 0 Å². The van der Waals surface area contributed by atoms with Gasteiger partial charge in [0.15, 0.2) is 5.75 Å². The molecule has 4 rings (SSSR count). The molecule has 0 spiro atoms. The molecule has 3 nitrogen and oxygen atoms in total. The summed E-state index contributed by atoms with van der Waals surface area (Å²) in [5.41, 5.74) is 4.00. The number of carboxylic acids is 1. The number of allylic oxidation sites excluding steroid dienone is 1. The lowest BCUT2D eigenvalue weighted by Crippen LogP contribution is -2.38. The molecule has 2 aromatic rings. The minimum Gasteiger partial charge on any atom is -0.481 e. The highest BCUT2D eigenvalue weighted by atomic mass is 32.2. The lowest BCUT2D eigenvalue weighted by atomic mass is 9.63. The number of rotatable bonds is 5. The number of aliphatic carboxylic acids is 1. The fourth-order valence-corrected chi connectivity index (χ4v) is 6.97. The number of hydrogen-bond donors (Lipinski definition) is 1. The van der Waals surface area contributed by atoms with Crippen LogP contribution < -0.4 is 4.94 Å². The second-order valence-corrected chi connectivity index (χ2v) is 9.33. The minimum atomic E-state index is -0.780. The van der Waals surface area contributed by atoms with Crippen LogP contribution in [0.25, 0.3) is 5.57 Å². The summed E-state index contributed by atoms with van der Waals surface area (Å²) in [6, 6.07) is 16.6. The average molecular weight is 403 g/mol. The van der Waals surface area contributed by atoms with Gasteiger partial charge in [0.05, 0.1) is 10.5 Å². The molecule has 0 amide bonds. The largest absolute Gasteiger partial charge is 0.481 e. The van der Waals surface area contributed by atoms with E-state index in [1.54, 1.807) is 12.1 Å². The Labute approximate surface area is 165 Å². The Morgan fingerprint density at radius 3 is 2.30 bits per heavy atom. The van der Waals surface area contributed by atoms with Gasteiger partial charge in [0.1, 0.15) is 0 Å². The van der Waals surface area contributed by atoms with Crippen molar-refractivity contribution in [3.05, 3.63) is 71.3 Å². The molecular formula is C21H19FO3S2. The number of hydrogen-bond acceptors (Lipinski definition) is 4. The molecule has 2 atom stereocenters. The summed E-state index contributed by atoms with van der Waals surface area (Å²) in [5.74, 6) is 0.740. The fourth-order valence-electron chi connectivity index (χ4n) is 3.87. The van der Waals surface area contributed by atoms with Gasteiger partial charge in [0.2, 0.25) is 0 Å². The van der Waals surface area contributed by atoms with Gasteiger partial charge in [-0.3, -0.25) is 9.74 Å². The van der Waals surface area contributed by atoms with Crippen LogP contribution in [0.4, 0.5) is 4.53 Å². The maximum Gasteiger partial charge on any atom is 0.311 e. The lowest BCUT2D eigenvalue weighted by molar-refractivity contribution is -0.141. The summed E-state index contributed by atoms with van der Waals surface area (Å²) < 4.78 is 12.6. The lowest BCUT2D eigenvalue weighted by Gasteiger charge is -2.44. The summed E-state index contributed by atoms with van der Waals surface area (Å²) in [4.78, 5) is 16.0. The number of halogens is 1. The zero-order valence-corrected chi connectivity index (χ0v) is 16.1. The summed E-state index contributed by atoms with van der Waals surface area (Å²) in [7, 11) is 0. The van der Waals surface area contributed by atoms with Crippen LogP contribution in [0.5, 0.6) is 5.75 Å². The first kappa shape index (κ1) is 18.4. The molecular weight excluding hydrogens is 383 g/mol. The molecule has 1 aliphatic heterocycles. The molecule has 0 radical (unpaired) electrons. The summed E-state index contributed by atoms with van der Waals surface area (Å²) >= 11 is 3.66. The van der Waals surface area contributed by atoms with Crippen molar-refractivity contribution >= 4 is 35.1 Å². The van der Waals surface area contributed by atoms with Crippen LogP contribution >= 0.6 is 23.5 Å². The van der Waals surface area contributed by atoms with Gasteiger partial charge in [-0.2, -0.15) is 0 Å². The molecule has 0 unspecified atom stereocenters. The van der Waals surface area contributed by atoms with Gasteiger partial charge in [-0.05, 0) is 52.3 Å². The van der Waals surface area contributed by atoms with E-state index in [1.165, 1.54) is 0 Å². The highest BCUT2D eigenvalue weighted by Crippen LogP contribution is 2.58.